The third-order valence-corrected chi connectivity index (χ3v) is 3.66. The van der Waals surface area contributed by atoms with Crippen LogP contribution in [0.15, 0.2) is 65.2 Å². The first-order valence-electron chi connectivity index (χ1n) is 6.34. The van der Waals surface area contributed by atoms with Crippen LogP contribution in [0.25, 0.3) is 33.2 Å². The second-order valence-corrected chi connectivity index (χ2v) is 5.11. The zero-order valence-electron chi connectivity index (χ0n) is 10.5. The normalized spacial score (nSPS) is 11.2. The second-order valence-electron chi connectivity index (χ2n) is 4.67. The van der Waals surface area contributed by atoms with Crippen molar-refractivity contribution >= 4 is 33.5 Å². The zero-order valence-corrected chi connectivity index (χ0v) is 11.3. The Morgan fingerprint density at radius 3 is 2.50 bits per heavy atom. The number of para-hydroxylation sites is 1. The predicted octanol–water partition coefficient (Wildman–Crippen LogP) is 5.30. The Kier molecular flexibility index (Phi) is 2.51. The summed E-state index contributed by atoms with van der Waals surface area (Å²) in [6.45, 7) is 0. The summed E-state index contributed by atoms with van der Waals surface area (Å²) in [6, 6.07) is 17.8. The topological polar surface area (TPSA) is 26.0 Å². The van der Waals surface area contributed by atoms with Gasteiger partial charge in [0.1, 0.15) is 5.58 Å². The first-order valence-corrected chi connectivity index (χ1v) is 6.72. The van der Waals surface area contributed by atoms with Crippen molar-refractivity contribution in [3.63, 3.8) is 0 Å². The van der Waals surface area contributed by atoms with E-state index in [1.807, 2.05) is 42.5 Å². The lowest BCUT2D eigenvalue weighted by molar-refractivity contribution is 0.667. The number of hydrogen-bond acceptors (Lipinski definition) is 2. The molecule has 20 heavy (non-hydrogen) atoms. The summed E-state index contributed by atoms with van der Waals surface area (Å²) < 4.78 is 5.78. The molecule has 0 atom stereocenters. The standard InChI is InChI=1S/C17H10ClNO/c18-12-7-5-11(6-8-12)15-9-14-13-3-1-2-4-16(13)20-17(14)10-19-15/h1-10H. The van der Waals surface area contributed by atoms with E-state index in [1.165, 1.54) is 0 Å². The maximum Gasteiger partial charge on any atom is 0.153 e. The molecule has 0 bridgehead atoms. The van der Waals surface area contributed by atoms with Crippen LogP contribution in [0.2, 0.25) is 5.02 Å². The molecule has 2 aromatic heterocycles. The van der Waals surface area contributed by atoms with Crippen LogP contribution in [0.3, 0.4) is 0 Å². The second kappa shape index (κ2) is 4.36. The van der Waals surface area contributed by atoms with E-state index in [-0.39, 0.29) is 0 Å². The molecule has 2 heterocycles. The number of benzene rings is 2. The van der Waals surface area contributed by atoms with Gasteiger partial charge in [0.2, 0.25) is 0 Å². The van der Waals surface area contributed by atoms with Crippen LogP contribution in [-0.2, 0) is 0 Å². The van der Waals surface area contributed by atoms with Crippen LogP contribution in [0.4, 0.5) is 0 Å². The monoisotopic (exact) mass is 279 g/mol. The van der Waals surface area contributed by atoms with Gasteiger partial charge in [0.25, 0.3) is 0 Å². The lowest BCUT2D eigenvalue weighted by Crippen LogP contribution is -1.82. The van der Waals surface area contributed by atoms with Gasteiger partial charge >= 0.3 is 0 Å². The van der Waals surface area contributed by atoms with Crippen LogP contribution >= 0.6 is 11.6 Å². The average Bonchev–Trinajstić information content (AvgIpc) is 2.86. The molecule has 0 amide bonds. The molecule has 4 rings (SSSR count). The fourth-order valence-electron chi connectivity index (χ4n) is 2.41. The van der Waals surface area contributed by atoms with Gasteiger partial charge in [-0.25, -0.2) is 0 Å². The van der Waals surface area contributed by atoms with Crippen molar-refractivity contribution in [1.29, 1.82) is 0 Å². The Bertz CT molecular complexity index is 909. The van der Waals surface area contributed by atoms with E-state index in [4.69, 9.17) is 16.0 Å². The van der Waals surface area contributed by atoms with Crippen LogP contribution in [0, 0.1) is 0 Å². The molecule has 2 nitrogen and oxygen atoms in total. The summed E-state index contributed by atoms with van der Waals surface area (Å²) in [7, 11) is 0. The fourth-order valence-corrected chi connectivity index (χ4v) is 2.54. The van der Waals surface area contributed by atoms with Crippen molar-refractivity contribution in [1.82, 2.24) is 4.98 Å². The van der Waals surface area contributed by atoms with Crippen LogP contribution in [0.1, 0.15) is 0 Å². The van der Waals surface area contributed by atoms with Crippen LogP contribution < -0.4 is 0 Å². The molecule has 0 N–H and O–H groups in total. The Morgan fingerprint density at radius 2 is 1.65 bits per heavy atom. The van der Waals surface area contributed by atoms with E-state index in [0.29, 0.717) is 0 Å². The van der Waals surface area contributed by atoms with E-state index in [2.05, 4.69) is 17.1 Å². The molecular weight excluding hydrogens is 270 g/mol. The molecule has 0 saturated heterocycles. The minimum absolute atomic E-state index is 0.726. The van der Waals surface area contributed by atoms with Gasteiger partial charge in [-0.2, -0.15) is 0 Å². The number of fused-ring (bicyclic) bond motifs is 3. The summed E-state index contributed by atoms with van der Waals surface area (Å²) in [5.74, 6) is 0. The SMILES string of the molecule is Clc1ccc(-c2cc3c(cn2)oc2ccccc23)cc1. The Balaban J connectivity index is 1.97. The number of hydrogen-bond donors (Lipinski definition) is 0. The Labute approximate surface area is 120 Å². The van der Waals surface area contributed by atoms with E-state index >= 15 is 0 Å². The number of pyridine rings is 1. The van der Waals surface area contributed by atoms with E-state index in [9.17, 15) is 0 Å². The predicted molar refractivity (Wildman–Crippen MR) is 82.0 cm³/mol. The molecule has 0 radical (unpaired) electrons. The number of nitrogens with zero attached hydrogens (tertiary/aromatic N) is 1. The van der Waals surface area contributed by atoms with Crippen molar-refractivity contribution < 1.29 is 4.42 Å². The van der Waals surface area contributed by atoms with Gasteiger partial charge < -0.3 is 4.42 Å². The third-order valence-electron chi connectivity index (χ3n) is 3.40. The van der Waals surface area contributed by atoms with E-state index < -0.39 is 0 Å². The van der Waals surface area contributed by atoms with Crippen molar-refractivity contribution in [2.24, 2.45) is 0 Å². The van der Waals surface area contributed by atoms with Crippen molar-refractivity contribution in [2.75, 3.05) is 0 Å². The molecule has 2 aromatic carbocycles. The maximum atomic E-state index is 5.92. The molecule has 4 aromatic rings. The van der Waals surface area contributed by atoms with Crippen LogP contribution in [-0.4, -0.2) is 4.98 Å². The highest BCUT2D eigenvalue weighted by Crippen LogP contribution is 2.31. The largest absolute Gasteiger partial charge is 0.454 e. The summed E-state index contributed by atoms with van der Waals surface area (Å²) in [6.07, 6.45) is 1.78. The summed E-state index contributed by atoms with van der Waals surface area (Å²) in [5, 5.41) is 2.92. The Morgan fingerprint density at radius 1 is 0.850 bits per heavy atom. The van der Waals surface area contributed by atoms with E-state index in [0.717, 1.165) is 38.2 Å². The van der Waals surface area contributed by atoms with Gasteiger partial charge in [-0.1, -0.05) is 41.9 Å². The summed E-state index contributed by atoms with van der Waals surface area (Å²) in [4.78, 5) is 4.47. The lowest BCUT2D eigenvalue weighted by atomic mass is 10.1. The highest BCUT2D eigenvalue weighted by atomic mass is 35.5. The molecular formula is C17H10ClNO. The van der Waals surface area contributed by atoms with Gasteiger partial charge in [0.15, 0.2) is 5.58 Å². The van der Waals surface area contributed by atoms with Crippen molar-refractivity contribution in [3.8, 4) is 11.3 Å². The van der Waals surface area contributed by atoms with Gasteiger partial charge in [0.05, 0.1) is 11.9 Å². The quantitative estimate of drug-likeness (QED) is 0.472. The molecule has 0 aliphatic carbocycles. The minimum Gasteiger partial charge on any atom is -0.454 e. The van der Waals surface area contributed by atoms with Crippen molar-refractivity contribution in [2.45, 2.75) is 0 Å². The van der Waals surface area contributed by atoms with Gasteiger partial charge in [-0.15, -0.1) is 0 Å². The minimum atomic E-state index is 0.726. The number of halogens is 1. The number of rotatable bonds is 1. The maximum absolute atomic E-state index is 5.92. The first kappa shape index (κ1) is 11.5. The molecule has 3 heteroatoms. The highest BCUT2D eigenvalue weighted by Gasteiger charge is 2.08. The molecule has 0 unspecified atom stereocenters. The first-order chi connectivity index (χ1) is 9.81. The average molecular weight is 280 g/mol. The fraction of sp³-hybridized carbons (Fsp3) is 0. The van der Waals surface area contributed by atoms with Gasteiger partial charge in [-0.05, 0) is 24.3 Å². The van der Waals surface area contributed by atoms with Gasteiger partial charge in [-0.3, -0.25) is 4.98 Å². The number of aromatic nitrogens is 1. The van der Waals surface area contributed by atoms with Crippen molar-refractivity contribution in [3.05, 3.63) is 65.8 Å². The lowest BCUT2D eigenvalue weighted by Gasteiger charge is -2.00. The third kappa shape index (κ3) is 1.77. The summed E-state index contributed by atoms with van der Waals surface area (Å²) >= 11 is 5.92. The van der Waals surface area contributed by atoms with Crippen LogP contribution in [0.5, 0.6) is 0 Å². The highest BCUT2D eigenvalue weighted by molar-refractivity contribution is 6.30. The molecule has 0 aliphatic rings. The zero-order chi connectivity index (χ0) is 13.5. The van der Waals surface area contributed by atoms with Gasteiger partial charge in [0, 0.05) is 21.4 Å². The smallest absolute Gasteiger partial charge is 0.153 e. The molecule has 96 valence electrons. The number of furan rings is 1. The molecule has 0 spiro atoms. The molecule has 0 saturated carbocycles. The molecule has 0 aliphatic heterocycles. The Hall–Kier alpha value is -2.32. The summed E-state index contributed by atoms with van der Waals surface area (Å²) in [5.41, 5.74) is 3.66. The molecule has 0 fully saturated rings. The van der Waals surface area contributed by atoms with E-state index in [1.54, 1.807) is 6.20 Å².